The molecule has 27 heavy (non-hydrogen) atoms. The number of hydrogen-bond donors (Lipinski definition) is 0. The summed E-state index contributed by atoms with van der Waals surface area (Å²) in [6.07, 6.45) is 1.10. The summed E-state index contributed by atoms with van der Waals surface area (Å²) in [6, 6.07) is 9.45. The Morgan fingerprint density at radius 3 is 2.52 bits per heavy atom. The molecule has 2 aromatic heterocycles. The number of aryl methyl sites for hydroxylation is 1. The van der Waals surface area contributed by atoms with E-state index in [4.69, 9.17) is 0 Å². The Bertz CT molecular complexity index is 1070. The van der Waals surface area contributed by atoms with Crippen LogP contribution in [0.1, 0.15) is 17.0 Å². The quantitative estimate of drug-likeness (QED) is 0.672. The fourth-order valence-electron chi connectivity index (χ4n) is 3.27. The van der Waals surface area contributed by atoms with Gasteiger partial charge in [0.05, 0.1) is 0 Å². The molecule has 0 saturated carbocycles. The van der Waals surface area contributed by atoms with Gasteiger partial charge in [-0.1, -0.05) is 6.07 Å². The number of thiophene rings is 1. The third-order valence-corrected chi connectivity index (χ3v) is 7.97. The van der Waals surface area contributed by atoms with Crippen LogP contribution >= 0.6 is 11.3 Å². The number of hydrogen-bond acceptors (Lipinski definition) is 5. The molecule has 1 aromatic carbocycles. The van der Waals surface area contributed by atoms with Gasteiger partial charge in [0.15, 0.2) is 5.82 Å². The van der Waals surface area contributed by atoms with Gasteiger partial charge in [-0.05, 0) is 54.6 Å². The standard InChI is InChI=1S/C19H18FN3O2S2/c1-13-16-8-10-23(27(24,25)18-3-2-12-26-18)11-9-17(16)22-19(21-13)14-4-6-15(20)7-5-14/h2-7,12H,8-11H2,1H3. The molecule has 0 radical (unpaired) electrons. The van der Waals surface area contributed by atoms with Gasteiger partial charge in [-0.25, -0.2) is 22.8 Å². The maximum absolute atomic E-state index is 13.2. The van der Waals surface area contributed by atoms with Crippen molar-refractivity contribution in [1.82, 2.24) is 14.3 Å². The highest BCUT2D eigenvalue weighted by Crippen LogP contribution is 2.26. The van der Waals surface area contributed by atoms with Crippen LogP contribution in [-0.4, -0.2) is 35.8 Å². The second-order valence-electron chi connectivity index (χ2n) is 6.40. The molecule has 0 bridgehead atoms. The minimum absolute atomic E-state index is 0.306. The minimum atomic E-state index is -3.48. The van der Waals surface area contributed by atoms with E-state index in [0.29, 0.717) is 36.0 Å². The number of aromatic nitrogens is 2. The van der Waals surface area contributed by atoms with Crippen molar-refractivity contribution in [2.45, 2.75) is 24.0 Å². The maximum atomic E-state index is 13.2. The van der Waals surface area contributed by atoms with E-state index in [1.165, 1.54) is 27.8 Å². The Hall–Kier alpha value is -2.16. The molecule has 5 nitrogen and oxygen atoms in total. The number of fused-ring (bicyclic) bond motifs is 1. The zero-order chi connectivity index (χ0) is 19.0. The summed E-state index contributed by atoms with van der Waals surface area (Å²) in [5.41, 5.74) is 3.46. The van der Waals surface area contributed by atoms with Gasteiger partial charge in [0.1, 0.15) is 10.0 Å². The molecule has 0 N–H and O–H groups in total. The predicted octanol–water partition coefficient (Wildman–Crippen LogP) is 3.44. The van der Waals surface area contributed by atoms with Crippen LogP contribution < -0.4 is 0 Å². The Balaban J connectivity index is 1.65. The van der Waals surface area contributed by atoms with Crippen LogP contribution in [0.2, 0.25) is 0 Å². The molecule has 0 aliphatic carbocycles. The van der Waals surface area contributed by atoms with E-state index in [-0.39, 0.29) is 5.82 Å². The van der Waals surface area contributed by atoms with E-state index in [1.54, 1.807) is 29.6 Å². The first-order valence-corrected chi connectivity index (χ1v) is 10.9. The lowest BCUT2D eigenvalue weighted by Crippen LogP contribution is -2.32. The lowest BCUT2D eigenvalue weighted by atomic mass is 10.1. The topological polar surface area (TPSA) is 63.2 Å². The van der Waals surface area contributed by atoms with Gasteiger partial charge >= 0.3 is 0 Å². The van der Waals surface area contributed by atoms with E-state index in [1.807, 2.05) is 6.92 Å². The van der Waals surface area contributed by atoms with Gasteiger partial charge in [0.25, 0.3) is 10.0 Å². The van der Waals surface area contributed by atoms with Gasteiger partial charge in [0, 0.05) is 36.5 Å². The number of nitrogens with zero attached hydrogens (tertiary/aromatic N) is 3. The third-order valence-electron chi connectivity index (χ3n) is 4.70. The number of halogens is 1. The second-order valence-corrected chi connectivity index (χ2v) is 9.51. The first kappa shape index (κ1) is 18.2. The Labute approximate surface area is 161 Å². The molecular weight excluding hydrogens is 385 g/mol. The minimum Gasteiger partial charge on any atom is -0.233 e. The van der Waals surface area contributed by atoms with Gasteiger partial charge < -0.3 is 0 Å². The van der Waals surface area contributed by atoms with Crippen molar-refractivity contribution in [1.29, 1.82) is 0 Å². The van der Waals surface area contributed by atoms with Gasteiger partial charge in [-0.15, -0.1) is 11.3 Å². The van der Waals surface area contributed by atoms with Crippen LogP contribution in [0.4, 0.5) is 4.39 Å². The van der Waals surface area contributed by atoms with E-state index < -0.39 is 10.0 Å². The molecule has 0 unspecified atom stereocenters. The summed E-state index contributed by atoms with van der Waals surface area (Å²) in [5, 5.41) is 1.77. The summed E-state index contributed by atoms with van der Waals surface area (Å²) in [7, 11) is -3.48. The molecular formula is C19H18FN3O2S2. The zero-order valence-electron chi connectivity index (χ0n) is 14.7. The highest BCUT2D eigenvalue weighted by molar-refractivity contribution is 7.91. The lowest BCUT2D eigenvalue weighted by Gasteiger charge is -2.18. The molecule has 3 heterocycles. The normalized spacial score (nSPS) is 15.3. The summed E-state index contributed by atoms with van der Waals surface area (Å²) >= 11 is 1.23. The lowest BCUT2D eigenvalue weighted by molar-refractivity contribution is 0.427. The van der Waals surface area contributed by atoms with Crippen LogP contribution in [0, 0.1) is 12.7 Å². The molecule has 8 heteroatoms. The average Bonchev–Trinajstić information content (AvgIpc) is 3.10. The molecule has 0 saturated heterocycles. The van der Waals surface area contributed by atoms with Crippen LogP contribution in [0.3, 0.4) is 0 Å². The van der Waals surface area contributed by atoms with Crippen molar-refractivity contribution < 1.29 is 12.8 Å². The van der Waals surface area contributed by atoms with E-state index in [0.717, 1.165) is 22.5 Å². The van der Waals surface area contributed by atoms with Crippen LogP contribution in [-0.2, 0) is 22.9 Å². The van der Waals surface area contributed by atoms with Crippen LogP contribution in [0.5, 0.6) is 0 Å². The summed E-state index contributed by atoms with van der Waals surface area (Å²) in [4.78, 5) is 9.23. The second kappa shape index (κ2) is 7.10. The monoisotopic (exact) mass is 403 g/mol. The summed E-state index contributed by atoms with van der Waals surface area (Å²) in [6.45, 7) is 2.71. The Morgan fingerprint density at radius 1 is 1.07 bits per heavy atom. The van der Waals surface area contributed by atoms with Gasteiger partial charge in [-0.3, -0.25) is 0 Å². The number of benzene rings is 1. The average molecular weight is 404 g/mol. The molecule has 0 amide bonds. The number of rotatable bonds is 3. The molecule has 0 atom stereocenters. The summed E-state index contributed by atoms with van der Waals surface area (Å²) < 4.78 is 40.7. The van der Waals surface area contributed by atoms with E-state index in [9.17, 15) is 12.8 Å². The third kappa shape index (κ3) is 3.52. The smallest absolute Gasteiger partial charge is 0.233 e. The number of sulfonamides is 1. The SMILES string of the molecule is Cc1nc(-c2ccc(F)cc2)nc2c1CCN(S(=O)(=O)c1cccs1)CC2. The van der Waals surface area contributed by atoms with Crippen molar-refractivity contribution in [2.75, 3.05) is 13.1 Å². The van der Waals surface area contributed by atoms with E-state index >= 15 is 0 Å². The molecule has 0 spiro atoms. The zero-order valence-corrected chi connectivity index (χ0v) is 16.4. The predicted molar refractivity (Wildman–Crippen MR) is 103 cm³/mol. The van der Waals surface area contributed by atoms with Crippen molar-refractivity contribution in [3.05, 3.63) is 64.5 Å². The fourth-order valence-corrected chi connectivity index (χ4v) is 5.86. The molecule has 0 fully saturated rings. The molecule has 3 aromatic rings. The van der Waals surface area contributed by atoms with E-state index in [2.05, 4.69) is 9.97 Å². The molecule has 140 valence electrons. The van der Waals surface area contributed by atoms with Gasteiger partial charge in [-0.2, -0.15) is 4.31 Å². The maximum Gasteiger partial charge on any atom is 0.252 e. The molecule has 4 rings (SSSR count). The molecule has 1 aliphatic heterocycles. The summed E-state index contributed by atoms with van der Waals surface area (Å²) in [5.74, 6) is 0.237. The fraction of sp³-hybridized carbons (Fsp3) is 0.263. The van der Waals surface area contributed by atoms with Gasteiger partial charge in [0.2, 0.25) is 0 Å². The van der Waals surface area contributed by atoms with Crippen molar-refractivity contribution in [2.24, 2.45) is 0 Å². The van der Waals surface area contributed by atoms with Crippen molar-refractivity contribution in [3.63, 3.8) is 0 Å². The first-order valence-electron chi connectivity index (χ1n) is 8.61. The highest BCUT2D eigenvalue weighted by Gasteiger charge is 2.28. The van der Waals surface area contributed by atoms with Crippen molar-refractivity contribution in [3.8, 4) is 11.4 Å². The Morgan fingerprint density at radius 2 is 1.81 bits per heavy atom. The molecule has 1 aliphatic rings. The Kier molecular flexibility index (Phi) is 4.79. The first-order chi connectivity index (χ1) is 12.9. The van der Waals surface area contributed by atoms with Crippen LogP contribution in [0.15, 0.2) is 46.0 Å². The highest BCUT2D eigenvalue weighted by atomic mass is 32.2. The largest absolute Gasteiger partial charge is 0.252 e. The van der Waals surface area contributed by atoms with Crippen LogP contribution in [0.25, 0.3) is 11.4 Å². The van der Waals surface area contributed by atoms with Crippen molar-refractivity contribution >= 4 is 21.4 Å².